The number of benzene rings is 1. The first-order chi connectivity index (χ1) is 9.52. The zero-order valence-corrected chi connectivity index (χ0v) is 11.1. The van der Waals surface area contributed by atoms with Crippen LogP contribution in [-0.4, -0.2) is 48.4 Å². The Balaban J connectivity index is 2.09. The molecule has 0 spiro atoms. The van der Waals surface area contributed by atoms with Crippen LogP contribution in [0.25, 0.3) is 0 Å². The summed E-state index contributed by atoms with van der Waals surface area (Å²) in [6.45, 7) is 0.383. The van der Waals surface area contributed by atoms with E-state index in [0.29, 0.717) is 18.5 Å². The molecule has 1 amide bonds. The summed E-state index contributed by atoms with van der Waals surface area (Å²) in [4.78, 5) is 23.2. The average Bonchev–Trinajstić information content (AvgIpc) is 2.46. The Morgan fingerprint density at radius 2 is 2.00 bits per heavy atom. The van der Waals surface area contributed by atoms with Gasteiger partial charge in [0.25, 0.3) is 0 Å². The number of ether oxygens (including phenoxy) is 1. The van der Waals surface area contributed by atoms with E-state index < -0.39 is 18.2 Å². The zero-order chi connectivity index (χ0) is 14.7. The van der Waals surface area contributed by atoms with Gasteiger partial charge in [0.05, 0.1) is 18.8 Å². The molecule has 1 saturated heterocycles. The van der Waals surface area contributed by atoms with Crippen molar-refractivity contribution in [2.75, 3.05) is 20.2 Å². The van der Waals surface area contributed by atoms with Gasteiger partial charge in [-0.25, -0.2) is 4.79 Å². The number of hydrogen-bond acceptors (Lipinski definition) is 5. The highest BCUT2D eigenvalue weighted by Crippen LogP contribution is 2.28. The molecule has 1 aromatic carbocycles. The number of aliphatic hydroxyl groups is 1. The number of piperidine rings is 1. The maximum absolute atomic E-state index is 11.3. The van der Waals surface area contributed by atoms with Gasteiger partial charge >= 0.3 is 5.97 Å². The first-order valence-corrected chi connectivity index (χ1v) is 6.35. The SMILES string of the molecule is COC(=O)c1ccc(C2CCN(C(=O)[O-])CC2O)cc1. The number of hydrogen-bond donors (Lipinski definition) is 1. The summed E-state index contributed by atoms with van der Waals surface area (Å²) in [7, 11) is 1.32. The Morgan fingerprint density at radius 1 is 1.35 bits per heavy atom. The number of nitrogens with zero attached hydrogens (tertiary/aromatic N) is 1. The van der Waals surface area contributed by atoms with Gasteiger partial charge in [-0.2, -0.15) is 0 Å². The van der Waals surface area contributed by atoms with Gasteiger partial charge in [0.2, 0.25) is 0 Å². The molecule has 2 rings (SSSR count). The summed E-state index contributed by atoms with van der Waals surface area (Å²) in [6.07, 6.45) is -1.51. The highest BCUT2D eigenvalue weighted by molar-refractivity contribution is 5.89. The van der Waals surface area contributed by atoms with Crippen LogP contribution in [0.2, 0.25) is 0 Å². The van der Waals surface area contributed by atoms with Gasteiger partial charge in [-0.05, 0) is 24.1 Å². The van der Waals surface area contributed by atoms with Crippen molar-refractivity contribution in [3.05, 3.63) is 35.4 Å². The molecule has 0 radical (unpaired) electrons. The van der Waals surface area contributed by atoms with Crippen molar-refractivity contribution >= 4 is 12.1 Å². The molecule has 2 atom stereocenters. The summed E-state index contributed by atoms with van der Waals surface area (Å²) in [6, 6.07) is 6.79. The molecule has 1 aromatic rings. The number of methoxy groups -OCH3 is 1. The number of carbonyl (C=O) groups is 2. The fraction of sp³-hybridized carbons (Fsp3) is 0.429. The summed E-state index contributed by atoms with van der Waals surface area (Å²) in [5.41, 5.74) is 1.32. The second kappa shape index (κ2) is 5.92. The molecule has 1 aliphatic rings. The fourth-order valence-electron chi connectivity index (χ4n) is 2.47. The first-order valence-electron chi connectivity index (χ1n) is 6.35. The van der Waals surface area contributed by atoms with Crippen molar-refractivity contribution in [2.24, 2.45) is 0 Å². The molecule has 6 nitrogen and oxygen atoms in total. The van der Waals surface area contributed by atoms with Gasteiger partial charge in [-0.15, -0.1) is 0 Å². The van der Waals surface area contributed by atoms with Crippen LogP contribution >= 0.6 is 0 Å². The molecule has 0 aliphatic carbocycles. The van der Waals surface area contributed by atoms with E-state index in [-0.39, 0.29) is 12.5 Å². The number of β-amino-alcohol motifs (C(OH)–C–C–N with tert-alkyl or cyclic N) is 1. The Morgan fingerprint density at radius 3 is 2.50 bits per heavy atom. The van der Waals surface area contributed by atoms with Gasteiger partial charge < -0.3 is 24.6 Å². The largest absolute Gasteiger partial charge is 0.530 e. The molecular weight excluding hydrogens is 262 g/mol. The minimum Gasteiger partial charge on any atom is -0.530 e. The lowest BCUT2D eigenvalue weighted by Crippen LogP contribution is -2.50. The molecule has 1 heterocycles. The summed E-state index contributed by atoms with van der Waals surface area (Å²) >= 11 is 0. The van der Waals surface area contributed by atoms with Crippen LogP contribution in [0.15, 0.2) is 24.3 Å². The van der Waals surface area contributed by atoms with E-state index in [2.05, 4.69) is 4.74 Å². The molecular formula is C14H16NO5-. The van der Waals surface area contributed by atoms with Crippen LogP contribution in [0.1, 0.15) is 28.3 Å². The molecule has 108 valence electrons. The molecule has 2 unspecified atom stereocenters. The maximum atomic E-state index is 11.3. The topological polar surface area (TPSA) is 89.9 Å². The van der Waals surface area contributed by atoms with Gasteiger partial charge in [0.15, 0.2) is 0 Å². The number of esters is 1. The number of aliphatic hydroxyl groups excluding tert-OH is 1. The van der Waals surface area contributed by atoms with Crippen LogP contribution in [0, 0.1) is 0 Å². The molecule has 1 N–H and O–H groups in total. The summed E-state index contributed by atoms with van der Waals surface area (Å²) < 4.78 is 4.62. The Hall–Kier alpha value is -2.08. The highest BCUT2D eigenvalue weighted by atomic mass is 16.5. The van der Waals surface area contributed by atoms with Gasteiger partial charge in [0, 0.05) is 19.0 Å². The smallest absolute Gasteiger partial charge is 0.337 e. The van der Waals surface area contributed by atoms with E-state index >= 15 is 0 Å². The molecule has 0 saturated carbocycles. The van der Waals surface area contributed by atoms with Crippen molar-refractivity contribution in [2.45, 2.75) is 18.4 Å². The molecule has 0 bridgehead atoms. The van der Waals surface area contributed by atoms with E-state index in [1.165, 1.54) is 7.11 Å². The van der Waals surface area contributed by atoms with Gasteiger partial charge in [0.1, 0.15) is 6.09 Å². The third kappa shape index (κ3) is 2.91. The summed E-state index contributed by atoms with van der Waals surface area (Å²) in [5, 5.41) is 20.8. The Kier molecular flexibility index (Phi) is 4.24. The predicted octanol–water partition coefficient (Wildman–Crippen LogP) is -0.0333. The number of likely N-dealkylation sites (tertiary alicyclic amines) is 1. The van der Waals surface area contributed by atoms with Crippen LogP contribution in [0.4, 0.5) is 4.79 Å². The molecule has 1 aliphatic heterocycles. The summed E-state index contributed by atoms with van der Waals surface area (Å²) in [5.74, 6) is -0.554. The van der Waals surface area contributed by atoms with Gasteiger partial charge in [-0.1, -0.05) is 12.1 Å². The van der Waals surface area contributed by atoms with Crippen LogP contribution in [0.5, 0.6) is 0 Å². The number of carbonyl (C=O) groups excluding carboxylic acids is 2. The third-order valence-corrected chi connectivity index (χ3v) is 3.60. The second-order valence-electron chi connectivity index (χ2n) is 4.79. The van der Waals surface area contributed by atoms with Crippen molar-refractivity contribution in [3.8, 4) is 0 Å². The normalized spacial score (nSPS) is 22.4. The molecule has 0 aromatic heterocycles. The average molecular weight is 278 g/mol. The monoisotopic (exact) mass is 278 g/mol. The van der Waals surface area contributed by atoms with Crippen LogP contribution in [0.3, 0.4) is 0 Å². The maximum Gasteiger partial charge on any atom is 0.337 e. The van der Waals surface area contributed by atoms with E-state index in [9.17, 15) is 19.8 Å². The van der Waals surface area contributed by atoms with E-state index in [1.54, 1.807) is 24.3 Å². The molecule has 6 heteroatoms. The predicted molar refractivity (Wildman–Crippen MR) is 68.1 cm³/mol. The fourth-order valence-corrected chi connectivity index (χ4v) is 2.47. The van der Waals surface area contributed by atoms with Crippen molar-refractivity contribution in [3.63, 3.8) is 0 Å². The Bertz CT molecular complexity index is 499. The van der Waals surface area contributed by atoms with E-state index in [1.807, 2.05) is 0 Å². The van der Waals surface area contributed by atoms with Crippen LogP contribution in [-0.2, 0) is 4.74 Å². The lowest BCUT2D eigenvalue weighted by atomic mass is 9.87. The molecule has 1 fully saturated rings. The number of amides is 1. The number of rotatable bonds is 2. The Labute approximate surface area is 116 Å². The van der Waals surface area contributed by atoms with E-state index in [4.69, 9.17) is 0 Å². The second-order valence-corrected chi connectivity index (χ2v) is 4.79. The number of carboxylic acid groups (broad SMARTS) is 1. The minimum absolute atomic E-state index is 0.0474. The highest BCUT2D eigenvalue weighted by Gasteiger charge is 2.28. The third-order valence-electron chi connectivity index (χ3n) is 3.60. The van der Waals surface area contributed by atoms with Crippen molar-refractivity contribution in [1.82, 2.24) is 4.90 Å². The van der Waals surface area contributed by atoms with Crippen molar-refractivity contribution < 1.29 is 24.5 Å². The van der Waals surface area contributed by atoms with Crippen molar-refractivity contribution in [1.29, 1.82) is 0 Å². The quantitative estimate of drug-likeness (QED) is 0.767. The zero-order valence-electron chi connectivity index (χ0n) is 11.1. The molecule has 20 heavy (non-hydrogen) atoms. The first kappa shape index (κ1) is 14.3. The lowest BCUT2D eigenvalue weighted by Gasteiger charge is -2.37. The van der Waals surface area contributed by atoms with Gasteiger partial charge in [-0.3, -0.25) is 0 Å². The van der Waals surface area contributed by atoms with Crippen LogP contribution < -0.4 is 5.11 Å². The minimum atomic E-state index is -1.26. The van der Waals surface area contributed by atoms with E-state index in [0.717, 1.165) is 10.5 Å². The standard InChI is InChI=1S/C14H17NO5/c1-20-13(17)10-4-2-9(3-5-10)11-6-7-15(14(18)19)8-12(11)16/h2-5,11-12,16H,6-8H2,1H3,(H,18,19)/p-1. The lowest BCUT2D eigenvalue weighted by molar-refractivity contribution is -0.268.